The lowest BCUT2D eigenvalue weighted by atomic mass is 10.2. The third-order valence-electron chi connectivity index (χ3n) is 3.57. The summed E-state index contributed by atoms with van der Waals surface area (Å²) in [7, 11) is 0. The number of carbonyl (C=O) groups excluding carboxylic acids is 1. The zero-order chi connectivity index (χ0) is 17.5. The summed E-state index contributed by atoms with van der Waals surface area (Å²) in [5.41, 5.74) is 3.69. The van der Waals surface area contributed by atoms with Crippen LogP contribution < -0.4 is 16.0 Å². The molecule has 0 aliphatic carbocycles. The zero-order valence-corrected chi connectivity index (χ0v) is 14.3. The van der Waals surface area contributed by atoms with E-state index in [1.807, 2.05) is 66.7 Å². The van der Waals surface area contributed by atoms with Gasteiger partial charge in [0, 0.05) is 28.6 Å². The predicted octanol–water partition coefficient (Wildman–Crippen LogP) is 5.41. The minimum atomic E-state index is -0.251. The van der Waals surface area contributed by atoms with E-state index in [0.29, 0.717) is 11.6 Å². The standard InChI is InChI=1S/C20H18ClN3O/c21-16-8-6-15(7-9-16)14-22-20(25)24-19-12-10-18(11-13-19)23-17-4-2-1-3-5-17/h1-13,23H,14H2,(H2,22,24,25). The van der Waals surface area contributed by atoms with E-state index >= 15 is 0 Å². The fourth-order valence-corrected chi connectivity index (χ4v) is 2.41. The minimum Gasteiger partial charge on any atom is -0.356 e. The summed E-state index contributed by atoms with van der Waals surface area (Å²) in [6.45, 7) is 0.441. The number of anilines is 3. The Morgan fingerprint density at radius 3 is 2.04 bits per heavy atom. The van der Waals surface area contributed by atoms with Gasteiger partial charge in [-0.25, -0.2) is 4.79 Å². The van der Waals surface area contributed by atoms with E-state index in [2.05, 4.69) is 16.0 Å². The fourth-order valence-electron chi connectivity index (χ4n) is 2.28. The highest BCUT2D eigenvalue weighted by molar-refractivity contribution is 6.30. The van der Waals surface area contributed by atoms with Gasteiger partial charge >= 0.3 is 6.03 Å². The Morgan fingerprint density at radius 2 is 1.36 bits per heavy atom. The number of carbonyl (C=O) groups is 1. The summed E-state index contributed by atoms with van der Waals surface area (Å²) in [5.74, 6) is 0. The molecular weight excluding hydrogens is 334 g/mol. The molecule has 2 amide bonds. The van der Waals surface area contributed by atoms with E-state index in [-0.39, 0.29) is 6.03 Å². The second-order valence-electron chi connectivity index (χ2n) is 5.50. The Labute approximate surface area is 151 Å². The molecule has 4 nitrogen and oxygen atoms in total. The maximum atomic E-state index is 12.0. The molecule has 0 radical (unpaired) electrons. The molecule has 3 aromatic carbocycles. The maximum absolute atomic E-state index is 12.0. The van der Waals surface area contributed by atoms with E-state index in [4.69, 9.17) is 11.6 Å². The number of benzene rings is 3. The van der Waals surface area contributed by atoms with E-state index in [0.717, 1.165) is 22.6 Å². The number of hydrogen-bond acceptors (Lipinski definition) is 2. The molecule has 0 atom stereocenters. The Bertz CT molecular complexity index is 818. The predicted molar refractivity (Wildman–Crippen MR) is 103 cm³/mol. The van der Waals surface area contributed by atoms with Gasteiger partial charge in [-0.2, -0.15) is 0 Å². The van der Waals surface area contributed by atoms with Gasteiger partial charge in [0.2, 0.25) is 0 Å². The van der Waals surface area contributed by atoms with E-state index in [1.165, 1.54) is 0 Å². The van der Waals surface area contributed by atoms with Gasteiger partial charge in [-0.15, -0.1) is 0 Å². The van der Waals surface area contributed by atoms with Crippen molar-refractivity contribution in [1.29, 1.82) is 0 Å². The number of urea groups is 1. The Hall–Kier alpha value is -2.98. The molecule has 25 heavy (non-hydrogen) atoms. The van der Waals surface area contributed by atoms with Crippen LogP contribution in [0.15, 0.2) is 78.9 Å². The molecule has 0 spiro atoms. The summed E-state index contributed by atoms with van der Waals surface area (Å²) in [6.07, 6.45) is 0. The molecule has 0 fully saturated rings. The topological polar surface area (TPSA) is 53.2 Å². The molecule has 3 N–H and O–H groups in total. The van der Waals surface area contributed by atoms with Gasteiger partial charge in [-0.3, -0.25) is 0 Å². The first-order valence-corrected chi connectivity index (χ1v) is 8.28. The maximum Gasteiger partial charge on any atom is 0.319 e. The third-order valence-corrected chi connectivity index (χ3v) is 3.82. The molecule has 0 heterocycles. The van der Waals surface area contributed by atoms with Gasteiger partial charge in [0.25, 0.3) is 0 Å². The van der Waals surface area contributed by atoms with Gasteiger partial charge in [0.05, 0.1) is 0 Å². The number of amides is 2. The highest BCUT2D eigenvalue weighted by Gasteiger charge is 2.02. The van der Waals surface area contributed by atoms with Crippen molar-refractivity contribution in [2.75, 3.05) is 10.6 Å². The van der Waals surface area contributed by atoms with Crippen molar-refractivity contribution < 1.29 is 4.79 Å². The number of hydrogen-bond donors (Lipinski definition) is 3. The van der Waals surface area contributed by atoms with Crippen LogP contribution in [-0.2, 0) is 6.54 Å². The molecule has 5 heteroatoms. The van der Waals surface area contributed by atoms with Crippen LogP contribution in [0.1, 0.15) is 5.56 Å². The molecule has 0 aromatic heterocycles. The Balaban J connectivity index is 1.50. The summed E-state index contributed by atoms with van der Waals surface area (Å²) in [4.78, 5) is 12.0. The van der Waals surface area contributed by atoms with Crippen LogP contribution in [0.2, 0.25) is 5.02 Å². The molecule has 3 aromatic rings. The first-order chi connectivity index (χ1) is 12.2. The fraction of sp³-hybridized carbons (Fsp3) is 0.0500. The Morgan fingerprint density at radius 1 is 0.760 bits per heavy atom. The Kier molecular flexibility index (Phi) is 5.54. The van der Waals surface area contributed by atoms with Crippen molar-refractivity contribution in [2.45, 2.75) is 6.54 Å². The third kappa shape index (κ3) is 5.26. The zero-order valence-electron chi connectivity index (χ0n) is 13.5. The van der Waals surface area contributed by atoms with Crippen molar-refractivity contribution in [3.63, 3.8) is 0 Å². The van der Waals surface area contributed by atoms with Gasteiger partial charge in [-0.05, 0) is 54.1 Å². The lowest BCUT2D eigenvalue weighted by molar-refractivity contribution is 0.251. The molecule has 3 rings (SSSR count). The lowest BCUT2D eigenvalue weighted by Gasteiger charge is -2.10. The highest BCUT2D eigenvalue weighted by Crippen LogP contribution is 2.18. The smallest absolute Gasteiger partial charge is 0.319 e. The average molecular weight is 352 g/mol. The van der Waals surface area contributed by atoms with Crippen molar-refractivity contribution >= 4 is 34.7 Å². The highest BCUT2D eigenvalue weighted by atomic mass is 35.5. The molecule has 0 saturated heterocycles. The summed E-state index contributed by atoms with van der Waals surface area (Å²) < 4.78 is 0. The molecule has 0 aliphatic heterocycles. The van der Waals surface area contributed by atoms with Crippen LogP contribution in [0.4, 0.5) is 21.9 Å². The number of para-hydroxylation sites is 1. The summed E-state index contributed by atoms with van der Waals surface area (Å²) in [5, 5.41) is 9.60. The SMILES string of the molecule is O=C(NCc1ccc(Cl)cc1)Nc1ccc(Nc2ccccc2)cc1. The molecule has 0 unspecified atom stereocenters. The van der Waals surface area contributed by atoms with Crippen LogP contribution in [0.5, 0.6) is 0 Å². The van der Waals surface area contributed by atoms with Gasteiger partial charge in [-0.1, -0.05) is 41.9 Å². The molecule has 0 aliphatic rings. The summed E-state index contributed by atoms with van der Waals surface area (Å²) in [6, 6.07) is 24.6. The lowest BCUT2D eigenvalue weighted by Crippen LogP contribution is -2.28. The van der Waals surface area contributed by atoms with Crippen LogP contribution in [0.3, 0.4) is 0 Å². The van der Waals surface area contributed by atoms with Crippen molar-refractivity contribution in [3.05, 3.63) is 89.4 Å². The minimum absolute atomic E-state index is 0.251. The van der Waals surface area contributed by atoms with Crippen LogP contribution >= 0.6 is 11.6 Å². The first-order valence-electron chi connectivity index (χ1n) is 7.90. The second kappa shape index (κ2) is 8.22. The van der Waals surface area contributed by atoms with Gasteiger partial charge in [0.1, 0.15) is 0 Å². The second-order valence-corrected chi connectivity index (χ2v) is 5.94. The first kappa shape index (κ1) is 16.9. The molecule has 0 bridgehead atoms. The number of nitrogens with one attached hydrogen (secondary N) is 3. The van der Waals surface area contributed by atoms with E-state index in [1.54, 1.807) is 12.1 Å². The quantitative estimate of drug-likeness (QED) is 0.576. The average Bonchev–Trinajstić information content (AvgIpc) is 2.64. The monoisotopic (exact) mass is 351 g/mol. The van der Waals surface area contributed by atoms with Gasteiger partial charge in [0.15, 0.2) is 0 Å². The van der Waals surface area contributed by atoms with Crippen molar-refractivity contribution in [1.82, 2.24) is 5.32 Å². The van der Waals surface area contributed by atoms with E-state index in [9.17, 15) is 4.79 Å². The van der Waals surface area contributed by atoms with Gasteiger partial charge < -0.3 is 16.0 Å². The van der Waals surface area contributed by atoms with E-state index < -0.39 is 0 Å². The number of rotatable bonds is 5. The van der Waals surface area contributed by atoms with Crippen molar-refractivity contribution in [3.8, 4) is 0 Å². The van der Waals surface area contributed by atoms with Crippen LogP contribution in [0.25, 0.3) is 0 Å². The number of halogens is 1. The normalized spacial score (nSPS) is 10.1. The van der Waals surface area contributed by atoms with Crippen LogP contribution in [0, 0.1) is 0 Å². The summed E-state index contributed by atoms with van der Waals surface area (Å²) >= 11 is 5.84. The van der Waals surface area contributed by atoms with Crippen LogP contribution in [-0.4, -0.2) is 6.03 Å². The molecular formula is C20H18ClN3O. The van der Waals surface area contributed by atoms with Crippen molar-refractivity contribution in [2.24, 2.45) is 0 Å². The largest absolute Gasteiger partial charge is 0.356 e. The molecule has 0 saturated carbocycles. The molecule has 126 valence electrons.